The quantitative estimate of drug-likeness (QED) is 0.413. The molecule has 1 amide bonds. The normalized spacial score (nSPS) is 11.0. The number of nitrogens with one attached hydrogen (secondary N) is 1. The van der Waals surface area contributed by atoms with Crippen LogP contribution < -0.4 is 5.32 Å². The highest BCUT2D eigenvalue weighted by molar-refractivity contribution is 6.35. The lowest BCUT2D eigenvalue weighted by molar-refractivity contribution is 0.0952. The number of hydrogen-bond donors (Lipinski definition) is 1. The predicted molar refractivity (Wildman–Crippen MR) is 115 cm³/mol. The van der Waals surface area contributed by atoms with E-state index in [-0.39, 0.29) is 11.7 Å². The fraction of sp³-hybridized carbons (Fsp3) is 0.0870. The fourth-order valence-electron chi connectivity index (χ4n) is 3.28. The van der Waals surface area contributed by atoms with Gasteiger partial charge in [0.25, 0.3) is 5.91 Å². The molecule has 1 N–H and O–H groups in total. The first-order valence-corrected chi connectivity index (χ1v) is 9.81. The Bertz CT molecular complexity index is 1190. The van der Waals surface area contributed by atoms with Crippen LogP contribution in [0.15, 0.2) is 72.9 Å². The van der Waals surface area contributed by atoms with Crippen LogP contribution in [0.25, 0.3) is 10.9 Å². The van der Waals surface area contributed by atoms with Gasteiger partial charge in [-0.3, -0.25) is 4.79 Å². The van der Waals surface area contributed by atoms with Gasteiger partial charge in [-0.2, -0.15) is 0 Å². The lowest BCUT2D eigenvalue weighted by atomic mass is 10.1. The summed E-state index contributed by atoms with van der Waals surface area (Å²) in [5, 5.41) is 4.84. The van der Waals surface area contributed by atoms with E-state index >= 15 is 0 Å². The molecule has 0 aliphatic rings. The number of aromatic nitrogens is 1. The number of nitrogens with zero attached hydrogens (tertiary/aromatic N) is 1. The largest absolute Gasteiger partial charge is 0.348 e. The van der Waals surface area contributed by atoms with Crippen LogP contribution in [0.5, 0.6) is 0 Å². The number of halogens is 3. The Morgan fingerprint density at radius 3 is 2.52 bits per heavy atom. The van der Waals surface area contributed by atoms with E-state index in [1.54, 1.807) is 30.3 Å². The van der Waals surface area contributed by atoms with Crippen molar-refractivity contribution >= 4 is 40.0 Å². The third kappa shape index (κ3) is 4.29. The highest BCUT2D eigenvalue weighted by Gasteiger charge is 2.15. The molecule has 3 aromatic carbocycles. The number of para-hydroxylation sites is 1. The molecular formula is C23H17Cl2FN2O. The molecular weight excluding hydrogens is 410 g/mol. The molecule has 1 heterocycles. The third-order valence-corrected chi connectivity index (χ3v) is 5.34. The van der Waals surface area contributed by atoms with Crippen LogP contribution in [0.4, 0.5) is 4.39 Å². The lowest BCUT2D eigenvalue weighted by Gasteiger charge is -2.07. The molecule has 3 nitrogen and oxygen atoms in total. The van der Waals surface area contributed by atoms with E-state index in [1.807, 2.05) is 35.0 Å². The summed E-state index contributed by atoms with van der Waals surface area (Å²) < 4.78 is 15.2. The molecule has 0 bridgehead atoms. The molecule has 0 spiro atoms. The zero-order valence-electron chi connectivity index (χ0n) is 15.3. The van der Waals surface area contributed by atoms with Crippen molar-refractivity contribution in [2.75, 3.05) is 0 Å². The number of carbonyl (C=O) groups excluding carboxylic acids is 1. The zero-order valence-corrected chi connectivity index (χ0v) is 16.8. The Morgan fingerprint density at radius 1 is 1.00 bits per heavy atom. The molecule has 0 saturated carbocycles. The van der Waals surface area contributed by atoms with Crippen LogP contribution in [-0.2, 0) is 13.1 Å². The van der Waals surface area contributed by atoms with Gasteiger partial charge in [0.1, 0.15) is 5.82 Å². The Kier molecular flexibility index (Phi) is 5.56. The van der Waals surface area contributed by atoms with Gasteiger partial charge in [-0.25, -0.2) is 4.39 Å². The van der Waals surface area contributed by atoms with Crippen LogP contribution in [0.2, 0.25) is 10.0 Å². The number of amides is 1. The minimum atomic E-state index is -0.271. The van der Waals surface area contributed by atoms with Crippen LogP contribution in [-0.4, -0.2) is 10.5 Å². The smallest absolute Gasteiger partial charge is 0.253 e. The molecule has 0 radical (unpaired) electrons. The van der Waals surface area contributed by atoms with E-state index in [0.717, 1.165) is 22.0 Å². The summed E-state index contributed by atoms with van der Waals surface area (Å²) in [6.45, 7) is 0.837. The molecule has 4 aromatic rings. The van der Waals surface area contributed by atoms with Crippen LogP contribution in [0, 0.1) is 5.82 Å². The van der Waals surface area contributed by atoms with Crippen molar-refractivity contribution in [3.05, 3.63) is 105 Å². The molecule has 0 fully saturated rings. The van der Waals surface area contributed by atoms with E-state index in [9.17, 15) is 9.18 Å². The first-order valence-electron chi connectivity index (χ1n) is 9.06. The summed E-state index contributed by atoms with van der Waals surface area (Å²) in [7, 11) is 0. The van der Waals surface area contributed by atoms with Gasteiger partial charge < -0.3 is 9.88 Å². The molecule has 4 rings (SSSR count). The maximum Gasteiger partial charge on any atom is 0.253 e. The molecule has 146 valence electrons. The van der Waals surface area contributed by atoms with Gasteiger partial charge in [-0.1, -0.05) is 59.6 Å². The maximum atomic E-state index is 13.2. The van der Waals surface area contributed by atoms with Gasteiger partial charge in [-0.05, 0) is 41.5 Å². The van der Waals surface area contributed by atoms with Crippen molar-refractivity contribution in [2.45, 2.75) is 13.1 Å². The standard InChI is InChI=1S/C23H17Cl2FN2O/c24-17-8-7-16(21(25)11-17)12-27-23(29)20-14-28(22-4-2-1-3-19(20)22)13-15-5-9-18(26)10-6-15/h1-11,14H,12-13H2,(H,27,29). The highest BCUT2D eigenvalue weighted by Crippen LogP contribution is 2.24. The van der Waals surface area contributed by atoms with Crippen molar-refractivity contribution in [2.24, 2.45) is 0 Å². The number of benzene rings is 3. The Labute approximate surface area is 177 Å². The van der Waals surface area contributed by atoms with E-state index in [1.165, 1.54) is 12.1 Å². The van der Waals surface area contributed by atoms with Gasteiger partial charge in [0.15, 0.2) is 0 Å². The average molecular weight is 427 g/mol. The molecule has 0 unspecified atom stereocenters. The van der Waals surface area contributed by atoms with Crippen LogP contribution in [0.3, 0.4) is 0 Å². The summed E-state index contributed by atoms with van der Waals surface area (Å²) in [5.74, 6) is -0.461. The van der Waals surface area contributed by atoms with E-state index in [2.05, 4.69) is 5.32 Å². The van der Waals surface area contributed by atoms with Crippen molar-refractivity contribution in [1.29, 1.82) is 0 Å². The maximum absolute atomic E-state index is 13.2. The van der Waals surface area contributed by atoms with Gasteiger partial charge in [0.05, 0.1) is 5.56 Å². The number of fused-ring (bicyclic) bond motifs is 1. The summed E-state index contributed by atoms with van der Waals surface area (Å²) in [6, 6.07) is 19.3. The molecule has 0 aliphatic carbocycles. The van der Waals surface area contributed by atoms with Crippen molar-refractivity contribution < 1.29 is 9.18 Å². The topological polar surface area (TPSA) is 34.0 Å². The van der Waals surface area contributed by atoms with E-state index < -0.39 is 0 Å². The summed E-state index contributed by atoms with van der Waals surface area (Å²) >= 11 is 12.1. The summed E-state index contributed by atoms with van der Waals surface area (Å²) in [5.41, 5.74) is 3.26. The molecule has 0 aliphatic heterocycles. The Balaban J connectivity index is 1.59. The minimum absolute atomic E-state index is 0.190. The number of hydrogen-bond acceptors (Lipinski definition) is 1. The molecule has 0 atom stereocenters. The zero-order chi connectivity index (χ0) is 20.4. The second-order valence-corrected chi connectivity index (χ2v) is 7.58. The second kappa shape index (κ2) is 8.27. The van der Waals surface area contributed by atoms with Crippen molar-refractivity contribution in [3.63, 3.8) is 0 Å². The van der Waals surface area contributed by atoms with E-state index in [0.29, 0.717) is 28.7 Å². The van der Waals surface area contributed by atoms with Crippen LogP contribution >= 0.6 is 23.2 Å². The van der Waals surface area contributed by atoms with Gasteiger partial charge in [-0.15, -0.1) is 0 Å². The summed E-state index contributed by atoms with van der Waals surface area (Å²) in [4.78, 5) is 12.9. The summed E-state index contributed by atoms with van der Waals surface area (Å²) in [6.07, 6.45) is 1.83. The SMILES string of the molecule is O=C(NCc1ccc(Cl)cc1Cl)c1cn(Cc2ccc(F)cc2)c2ccccc12. The molecule has 29 heavy (non-hydrogen) atoms. The van der Waals surface area contributed by atoms with Gasteiger partial charge in [0, 0.05) is 40.2 Å². The average Bonchev–Trinajstić information content (AvgIpc) is 3.07. The van der Waals surface area contributed by atoms with E-state index in [4.69, 9.17) is 23.2 Å². The first-order chi connectivity index (χ1) is 14.0. The lowest BCUT2D eigenvalue weighted by Crippen LogP contribution is -2.22. The molecule has 0 saturated heterocycles. The Morgan fingerprint density at radius 2 is 1.76 bits per heavy atom. The van der Waals surface area contributed by atoms with Gasteiger partial charge >= 0.3 is 0 Å². The predicted octanol–water partition coefficient (Wildman–Crippen LogP) is 6.07. The second-order valence-electron chi connectivity index (χ2n) is 6.73. The number of carbonyl (C=O) groups is 1. The van der Waals surface area contributed by atoms with Crippen molar-refractivity contribution in [1.82, 2.24) is 9.88 Å². The number of rotatable bonds is 5. The highest BCUT2D eigenvalue weighted by atomic mass is 35.5. The van der Waals surface area contributed by atoms with Gasteiger partial charge in [0.2, 0.25) is 0 Å². The molecule has 6 heteroatoms. The monoisotopic (exact) mass is 426 g/mol. The first kappa shape index (κ1) is 19.5. The minimum Gasteiger partial charge on any atom is -0.348 e. The Hall–Kier alpha value is -2.82. The third-order valence-electron chi connectivity index (χ3n) is 4.75. The fourth-order valence-corrected chi connectivity index (χ4v) is 3.76. The van der Waals surface area contributed by atoms with Crippen molar-refractivity contribution in [3.8, 4) is 0 Å². The van der Waals surface area contributed by atoms with Crippen LogP contribution in [0.1, 0.15) is 21.5 Å². The molecule has 1 aromatic heterocycles.